The number of fused-ring (bicyclic) bond motifs is 3. The number of ether oxygens (including phenoxy) is 1. The van der Waals surface area contributed by atoms with E-state index in [0.717, 1.165) is 17.5 Å². The number of hydrogen-bond acceptors (Lipinski definition) is 1. The van der Waals surface area contributed by atoms with Gasteiger partial charge in [-0.3, -0.25) is 0 Å². The smallest absolute Gasteiger partial charge is 0.267 e. The van der Waals surface area contributed by atoms with Gasteiger partial charge in [-0.05, 0) is 47.2 Å². The van der Waals surface area contributed by atoms with Crippen LogP contribution in [0.25, 0.3) is 17.2 Å². The van der Waals surface area contributed by atoms with Gasteiger partial charge < -0.3 is 4.74 Å². The number of halogens is 1. The molecule has 0 saturated carbocycles. The second-order valence-corrected chi connectivity index (χ2v) is 6.15. The van der Waals surface area contributed by atoms with Gasteiger partial charge in [-0.15, -0.1) is 0 Å². The molecule has 0 spiro atoms. The third-order valence-electron chi connectivity index (χ3n) is 4.58. The summed E-state index contributed by atoms with van der Waals surface area (Å²) in [5.41, 5.74) is 5.24. The van der Waals surface area contributed by atoms with Crippen molar-refractivity contribution in [2.24, 2.45) is 0 Å². The number of alkyl halides is 1. The summed E-state index contributed by atoms with van der Waals surface area (Å²) in [7, 11) is 0. The van der Waals surface area contributed by atoms with Gasteiger partial charge in [-0.25, -0.2) is 4.39 Å². The molecule has 1 nitrogen and oxygen atoms in total. The molecule has 2 unspecified atom stereocenters. The van der Waals surface area contributed by atoms with Crippen molar-refractivity contribution in [3.05, 3.63) is 65.2 Å². The van der Waals surface area contributed by atoms with Crippen LogP contribution in [0.3, 0.4) is 0 Å². The van der Waals surface area contributed by atoms with E-state index in [0.29, 0.717) is 5.56 Å². The van der Waals surface area contributed by atoms with Crippen molar-refractivity contribution in [2.75, 3.05) is 0 Å². The zero-order valence-electron chi connectivity index (χ0n) is 12.7. The molecule has 2 heteroatoms. The first-order chi connectivity index (χ1) is 10.7. The fraction of sp³-hybridized carbons (Fsp3) is 0.300. The van der Waals surface area contributed by atoms with E-state index < -0.39 is 5.85 Å². The first-order valence-electron chi connectivity index (χ1n) is 7.99. The Morgan fingerprint density at radius 2 is 1.86 bits per heavy atom. The summed E-state index contributed by atoms with van der Waals surface area (Å²) in [4.78, 5) is 0. The summed E-state index contributed by atoms with van der Waals surface area (Å²) in [5.74, 6) is -1.58. The molecule has 2 atom stereocenters. The summed E-state index contributed by atoms with van der Waals surface area (Å²) in [6, 6.07) is 14.6. The molecule has 2 aliphatic rings. The average molecular weight is 294 g/mol. The Morgan fingerprint density at radius 3 is 2.64 bits per heavy atom. The van der Waals surface area contributed by atoms with Crippen LogP contribution in [0, 0.1) is 0 Å². The SMILES string of the molecule is CCCCc1ccc(-c2ccc3c(c2)C=CC2OC32F)cc1. The molecule has 2 aromatic rings. The Balaban J connectivity index is 1.63. The Bertz CT molecular complexity index is 732. The fourth-order valence-corrected chi connectivity index (χ4v) is 3.16. The van der Waals surface area contributed by atoms with Gasteiger partial charge in [0.05, 0.1) is 0 Å². The number of rotatable bonds is 4. The predicted molar refractivity (Wildman–Crippen MR) is 87.2 cm³/mol. The molecule has 0 bridgehead atoms. The molecule has 0 radical (unpaired) electrons. The highest BCUT2D eigenvalue weighted by Gasteiger charge is 2.60. The van der Waals surface area contributed by atoms with Crippen molar-refractivity contribution in [1.29, 1.82) is 0 Å². The molecule has 1 aliphatic heterocycles. The first-order valence-corrected chi connectivity index (χ1v) is 7.99. The molecule has 1 fully saturated rings. The molecule has 0 N–H and O–H groups in total. The molecule has 1 aliphatic carbocycles. The van der Waals surface area contributed by atoms with Gasteiger partial charge in [0.1, 0.15) is 6.10 Å². The molecule has 4 rings (SSSR count). The summed E-state index contributed by atoms with van der Waals surface area (Å²) >= 11 is 0. The average Bonchev–Trinajstić information content (AvgIpc) is 3.25. The largest absolute Gasteiger partial charge is 0.326 e. The van der Waals surface area contributed by atoms with Crippen LogP contribution in [0.1, 0.15) is 36.5 Å². The van der Waals surface area contributed by atoms with Gasteiger partial charge in [-0.2, -0.15) is 0 Å². The molecule has 1 heterocycles. The van der Waals surface area contributed by atoms with E-state index >= 15 is 0 Å². The molecule has 1 saturated heterocycles. The maximum absolute atomic E-state index is 14.4. The molecular formula is C20H19FO. The van der Waals surface area contributed by atoms with E-state index in [9.17, 15) is 4.39 Å². The third kappa shape index (κ3) is 2.19. The number of hydrogen-bond donors (Lipinski definition) is 0. The van der Waals surface area contributed by atoms with Gasteiger partial charge in [0.2, 0.25) is 0 Å². The number of epoxide rings is 1. The van der Waals surface area contributed by atoms with Gasteiger partial charge in [0.25, 0.3) is 5.85 Å². The normalized spacial score (nSPS) is 24.7. The lowest BCUT2D eigenvalue weighted by molar-refractivity contribution is 0.141. The Kier molecular flexibility index (Phi) is 3.16. The van der Waals surface area contributed by atoms with Crippen LogP contribution >= 0.6 is 0 Å². The first kappa shape index (κ1) is 13.7. The topological polar surface area (TPSA) is 12.5 Å². The maximum Gasteiger partial charge on any atom is 0.267 e. The van der Waals surface area contributed by atoms with Crippen molar-refractivity contribution in [1.82, 2.24) is 0 Å². The van der Waals surface area contributed by atoms with Crippen molar-refractivity contribution >= 4 is 6.08 Å². The minimum Gasteiger partial charge on any atom is -0.326 e. The summed E-state index contributed by atoms with van der Waals surface area (Å²) in [6.07, 6.45) is 6.95. The quantitative estimate of drug-likeness (QED) is 0.702. The Morgan fingerprint density at radius 1 is 1.09 bits per heavy atom. The summed E-state index contributed by atoms with van der Waals surface area (Å²) < 4.78 is 19.5. The van der Waals surface area contributed by atoms with E-state index in [1.54, 1.807) is 6.08 Å². The van der Waals surface area contributed by atoms with Gasteiger partial charge in [0.15, 0.2) is 0 Å². The van der Waals surface area contributed by atoms with Crippen LogP contribution in [0.15, 0.2) is 48.5 Å². The van der Waals surface area contributed by atoms with Crippen LogP contribution in [-0.2, 0) is 17.0 Å². The minimum atomic E-state index is -1.58. The van der Waals surface area contributed by atoms with E-state index in [1.165, 1.54) is 24.0 Å². The van der Waals surface area contributed by atoms with E-state index in [-0.39, 0.29) is 6.10 Å². The van der Waals surface area contributed by atoms with Gasteiger partial charge in [0, 0.05) is 5.56 Å². The lowest BCUT2D eigenvalue weighted by Crippen LogP contribution is -2.09. The monoisotopic (exact) mass is 294 g/mol. The third-order valence-corrected chi connectivity index (χ3v) is 4.58. The summed E-state index contributed by atoms with van der Waals surface area (Å²) in [5, 5.41) is 0. The van der Waals surface area contributed by atoms with Crippen LogP contribution in [0.4, 0.5) is 4.39 Å². The van der Waals surface area contributed by atoms with Crippen molar-refractivity contribution in [3.8, 4) is 11.1 Å². The number of benzene rings is 2. The Labute approximate surface area is 130 Å². The fourth-order valence-electron chi connectivity index (χ4n) is 3.16. The second-order valence-electron chi connectivity index (χ2n) is 6.15. The molecular weight excluding hydrogens is 275 g/mol. The maximum atomic E-state index is 14.4. The van der Waals surface area contributed by atoms with Gasteiger partial charge in [-0.1, -0.05) is 55.8 Å². The molecule has 0 amide bonds. The molecule has 0 aromatic heterocycles. The highest BCUT2D eigenvalue weighted by molar-refractivity contribution is 5.71. The standard InChI is InChI=1S/C20H19FO/c1-2-3-4-14-5-7-15(8-6-14)16-9-11-18-17(13-16)10-12-19-20(18,21)22-19/h5-13,19H,2-4H2,1H3. The van der Waals surface area contributed by atoms with Crippen LogP contribution in [-0.4, -0.2) is 6.10 Å². The zero-order valence-corrected chi connectivity index (χ0v) is 12.7. The second kappa shape index (κ2) is 5.06. The highest BCUT2D eigenvalue weighted by atomic mass is 19.2. The highest BCUT2D eigenvalue weighted by Crippen LogP contribution is 2.52. The lowest BCUT2D eigenvalue weighted by atomic mass is 9.92. The lowest BCUT2D eigenvalue weighted by Gasteiger charge is -2.13. The van der Waals surface area contributed by atoms with E-state index in [4.69, 9.17) is 4.74 Å². The van der Waals surface area contributed by atoms with Crippen molar-refractivity contribution in [2.45, 2.75) is 38.1 Å². The van der Waals surface area contributed by atoms with E-state index in [2.05, 4.69) is 31.2 Å². The number of unbranched alkanes of at least 4 members (excludes halogenated alkanes) is 1. The van der Waals surface area contributed by atoms with Gasteiger partial charge >= 0.3 is 0 Å². The van der Waals surface area contributed by atoms with Crippen LogP contribution in [0.5, 0.6) is 0 Å². The van der Waals surface area contributed by atoms with Crippen LogP contribution < -0.4 is 0 Å². The van der Waals surface area contributed by atoms with Crippen molar-refractivity contribution in [3.63, 3.8) is 0 Å². The molecule has 2 aromatic carbocycles. The molecule has 22 heavy (non-hydrogen) atoms. The Hall–Kier alpha value is -1.93. The summed E-state index contributed by atoms with van der Waals surface area (Å²) in [6.45, 7) is 2.21. The molecule has 112 valence electrons. The predicted octanol–water partition coefficient (Wildman–Crippen LogP) is 5.24. The van der Waals surface area contributed by atoms with Crippen LogP contribution in [0.2, 0.25) is 0 Å². The van der Waals surface area contributed by atoms with E-state index in [1.807, 2.05) is 24.3 Å². The van der Waals surface area contributed by atoms with Crippen molar-refractivity contribution < 1.29 is 9.13 Å². The minimum absolute atomic E-state index is 0.385. The zero-order chi connectivity index (χ0) is 15.2. The number of aryl methyl sites for hydroxylation is 1.